The van der Waals surface area contributed by atoms with Gasteiger partial charge in [0.25, 0.3) is 0 Å². The van der Waals surface area contributed by atoms with E-state index in [0.29, 0.717) is 11.3 Å². The molecule has 1 atom stereocenters. The lowest BCUT2D eigenvalue weighted by atomic mass is 10.1. The van der Waals surface area contributed by atoms with Gasteiger partial charge < -0.3 is 10.4 Å². The van der Waals surface area contributed by atoms with E-state index in [1.807, 2.05) is 19.2 Å². The number of thioether (sulfide) groups is 1. The molecule has 1 amide bonds. The maximum absolute atomic E-state index is 11.7. The SMILES string of the molecule is CSC[C@@H](C)C(=O)Nc1cc(C#N)ccc1O. The van der Waals surface area contributed by atoms with Crippen LogP contribution in [-0.4, -0.2) is 23.0 Å². The van der Waals surface area contributed by atoms with Gasteiger partial charge in [0.05, 0.1) is 17.3 Å². The number of nitriles is 1. The van der Waals surface area contributed by atoms with E-state index in [9.17, 15) is 9.90 Å². The number of nitrogens with one attached hydrogen (secondary N) is 1. The molecule has 1 aromatic carbocycles. The molecular weight excluding hydrogens is 236 g/mol. The number of phenols is 1. The van der Waals surface area contributed by atoms with Crippen LogP contribution in [0.25, 0.3) is 0 Å². The molecule has 0 unspecified atom stereocenters. The van der Waals surface area contributed by atoms with Crippen molar-refractivity contribution in [2.75, 3.05) is 17.3 Å². The molecule has 2 N–H and O–H groups in total. The van der Waals surface area contributed by atoms with Crippen LogP contribution in [0.15, 0.2) is 18.2 Å². The largest absolute Gasteiger partial charge is 0.506 e. The van der Waals surface area contributed by atoms with Gasteiger partial charge in [-0.1, -0.05) is 6.92 Å². The molecule has 0 aliphatic heterocycles. The van der Waals surface area contributed by atoms with Gasteiger partial charge in [0.15, 0.2) is 0 Å². The molecule has 5 heteroatoms. The smallest absolute Gasteiger partial charge is 0.228 e. The van der Waals surface area contributed by atoms with E-state index in [0.717, 1.165) is 0 Å². The first-order chi connectivity index (χ1) is 8.08. The molecular formula is C12H14N2O2S. The lowest BCUT2D eigenvalue weighted by Crippen LogP contribution is -2.22. The Bertz CT molecular complexity index is 454. The third kappa shape index (κ3) is 3.68. The van der Waals surface area contributed by atoms with Gasteiger partial charge in [-0.05, 0) is 24.5 Å². The molecule has 0 bridgehead atoms. The third-order valence-electron chi connectivity index (χ3n) is 2.25. The summed E-state index contributed by atoms with van der Waals surface area (Å²) in [6.45, 7) is 1.82. The van der Waals surface area contributed by atoms with Crippen LogP contribution in [0.3, 0.4) is 0 Å². The summed E-state index contributed by atoms with van der Waals surface area (Å²) < 4.78 is 0. The average Bonchev–Trinajstić information content (AvgIpc) is 2.32. The third-order valence-corrected chi connectivity index (χ3v) is 3.08. The summed E-state index contributed by atoms with van der Waals surface area (Å²) >= 11 is 1.58. The number of amides is 1. The van der Waals surface area contributed by atoms with Crippen LogP contribution in [0.1, 0.15) is 12.5 Å². The fourth-order valence-corrected chi connectivity index (χ4v) is 1.94. The second kappa shape index (κ2) is 6.16. The van der Waals surface area contributed by atoms with Crippen LogP contribution in [-0.2, 0) is 4.79 Å². The van der Waals surface area contributed by atoms with Gasteiger partial charge >= 0.3 is 0 Å². The normalized spacial score (nSPS) is 11.6. The van der Waals surface area contributed by atoms with E-state index in [1.165, 1.54) is 18.2 Å². The molecule has 0 saturated carbocycles. The number of anilines is 1. The predicted octanol–water partition coefficient (Wildman–Crippen LogP) is 2.20. The van der Waals surface area contributed by atoms with Crippen molar-refractivity contribution in [1.82, 2.24) is 0 Å². The van der Waals surface area contributed by atoms with Gasteiger partial charge in [-0.15, -0.1) is 0 Å². The number of hydrogen-bond donors (Lipinski definition) is 2. The Morgan fingerprint density at radius 2 is 2.35 bits per heavy atom. The number of nitrogens with zero attached hydrogens (tertiary/aromatic N) is 1. The lowest BCUT2D eigenvalue weighted by Gasteiger charge is -2.12. The zero-order valence-electron chi connectivity index (χ0n) is 9.73. The van der Waals surface area contributed by atoms with E-state index in [-0.39, 0.29) is 23.3 Å². The molecule has 17 heavy (non-hydrogen) atoms. The maximum atomic E-state index is 11.7. The highest BCUT2D eigenvalue weighted by Gasteiger charge is 2.14. The van der Waals surface area contributed by atoms with Crippen LogP contribution >= 0.6 is 11.8 Å². The number of hydrogen-bond acceptors (Lipinski definition) is 4. The highest BCUT2D eigenvalue weighted by molar-refractivity contribution is 7.98. The molecule has 0 fully saturated rings. The minimum Gasteiger partial charge on any atom is -0.506 e. The van der Waals surface area contributed by atoms with Crippen LogP contribution in [0.4, 0.5) is 5.69 Å². The summed E-state index contributed by atoms with van der Waals surface area (Å²) in [5.41, 5.74) is 0.678. The summed E-state index contributed by atoms with van der Waals surface area (Å²) in [5, 5.41) is 20.9. The zero-order valence-corrected chi connectivity index (χ0v) is 10.5. The number of rotatable bonds is 4. The first-order valence-corrected chi connectivity index (χ1v) is 6.50. The summed E-state index contributed by atoms with van der Waals surface area (Å²) in [4.78, 5) is 11.7. The van der Waals surface area contributed by atoms with Gasteiger partial charge in [-0.2, -0.15) is 17.0 Å². The van der Waals surface area contributed by atoms with Crippen LogP contribution in [0.5, 0.6) is 5.75 Å². The van der Waals surface area contributed by atoms with Crippen molar-refractivity contribution in [3.8, 4) is 11.8 Å². The molecule has 1 aromatic rings. The van der Waals surface area contributed by atoms with E-state index in [1.54, 1.807) is 11.8 Å². The van der Waals surface area contributed by atoms with Gasteiger partial charge in [0.2, 0.25) is 5.91 Å². The standard InChI is InChI=1S/C12H14N2O2S/c1-8(7-17-2)12(16)14-10-5-9(6-13)3-4-11(10)15/h3-5,8,15H,7H2,1-2H3,(H,14,16)/t8-/m1/s1. The van der Waals surface area contributed by atoms with Crippen molar-refractivity contribution < 1.29 is 9.90 Å². The molecule has 0 aliphatic carbocycles. The summed E-state index contributed by atoms with van der Waals surface area (Å²) in [7, 11) is 0. The van der Waals surface area contributed by atoms with E-state index >= 15 is 0 Å². The Kier molecular flexibility index (Phi) is 4.85. The Balaban J connectivity index is 2.81. The minimum absolute atomic E-state index is 0.0336. The number of carbonyl (C=O) groups is 1. The quantitative estimate of drug-likeness (QED) is 0.803. The van der Waals surface area contributed by atoms with Crippen LogP contribution in [0.2, 0.25) is 0 Å². The van der Waals surface area contributed by atoms with Gasteiger partial charge in [0.1, 0.15) is 5.75 Å². The first-order valence-electron chi connectivity index (χ1n) is 5.11. The summed E-state index contributed by atoms with van der Waals surface area (Å²) in [6, 6.07) is 6.31. The Labute approximate surface area is 105 Å². The number of aromatic hydroxyl groups is 1. The second-order valence-electron chi connectivity index (χ2n) is 3.69. The highest BCUT2D eigenvalue weighted by atomic mass is 32.2. The number of phenolic OH excluding ortho intramolecular Hbond substituents is 1. The monoisotopic (exact) mass is 250 g/mol. The van der Waals surface area contributed by atoms with Crippen LogP contribution in [0, 0.1) is 17.2 Å². The summed E-state index contributed by atoms with van der Waals surface area (Å²) in [6.07, 6.45) is 1.93. The van der Waals surface area contributed by atoms with Crippen molar-refractivity contribution in [3.05, 3.63) is 23.8 Å². The van der Waals surface area contributed by atoms with E-state index in [4.69, 9.17) is 5.26 Å². The molecule has 0 aliphatic rings. The lowest BCUT2D eigenvalue weighted by molar-refractivity contribution is -0.118. The Morgan fingerprint density at radius 1 is 1.65 bits per heavy atom. The fourth-order valence-electron chi connectivity index (χ4n) is 1.29. The van der Waals surface area contributed by atoms with Gasteiger partial charge in [-0.25, -0.2) is 0 Å². The van der Waals surface area contributed by atoms with Crippen molar-refractivity contribution in [1.29, 1.82) is 5.26 Å². The average molecular weight is 250 g/mol. The molecule has 4 nitrogen and oxygen atoms in total. The molecule has 0 spiro atoms. The van der Waals surface area contributed by atoms with Crippen LogP contribution < -0.4 is 5.32 Å². The number of carbonyl (C=O) groups excluding carboxylic acids is 1. The molecule has 0 heterocycles. The van der Waals surface area contributed by atoms with Crippen molar-refractivity contribution >= 4 is 23.4 Å². The topological polar surface area (TPSA) is 73.1 Å². The fraction of sp³-hybridized carbons (Fsp3) is 0.333. The van der Waals surface area contributed by atoms with Gasteiger partial charge in [-0.3, -0.25) is 4.79 Å². The molecule has 0 aromatic heterocycles. The molecule has 90 valence electrons. The molecule has 1 rings (SSSR count). The van der Waals surface area contributed by atoms with E-state index < -0.39 is 0 Å². The Morgan fingerprint density at radius 3 is 2.94 bits per heavy atom. The molecule has 0 saturated heterocycles. The highest BCUT2D eigenvalue weighted by Crippen LogP contribution is 2.24. The Hall–Kier alpha value is -1.67. The van der Waals surface area contributed by atoms with E-state index in [2.05, 4.69) is 5.32 Å². The predicted molar refractivity (Wildman–Crippen MR) is 69.0 cm³/mol. The molecule has 0 radical (unpaired) electrons. The zero-order chi connectivity index (χ0) is 12.8. The minimum atomic E-state index is -0.162. The van der Waals surface area contributed by atoms with Crippen molar-refractivity contribution in [2.45, 2.75) is 6.92 Å². The summed E-state index contributed by atoms with van der Waals surface area (Å²) in [5.74, 6) is 0.374. The van der Waals surface area contributed by atoms with Gasteiger partial charge in [0, 0.05) is 11.7 Å². The maximum Gasteiger partial charge on any atom is 0.228 e. The van der Waals surface area contributed by atoms with Crippen molar-refractivity contribution in [3.63, 3.8) is 0 Å². The number of benzene rings is 1. The van der Waals surface area contributed by atoms with Crippen molar-refractivity contribution in [2.24, 2.45) is 5.92 Å². The first kappa shape index (κ1) is 13.4. The second-order valence-corrected chi connectivity index (χ2v) is 4.60.